The topological polar surface area (TPSA) is 54.9 Å². The number of halogens is 2. The van der Waals surface area contributed by atoms with Gasteiger partial charge in [0.25, 0.3) is 0 Å². The van der Waals surface area contributed by atoms with Gasteiger partial charge in [-0.2, -0.15) is 0 Å². The Morgan fingerprint density at radius 3 is 2.46 bits per heavy atom. The Morgan fingerprint density at radius 2 is 1.82 bits per heavy atom. The molecule has 0 unspecified atom stereocenters. The van der Waals surface area contributed by atoms with Crippen molar-refractivity contribution in [2.75, 3.05) is 33.9 Å². The third kappa shape index (κ3) is 8.43. The summed E-state index contributed by atoms with van der Waals surface area (Å²) >= 11 is 0. The summed E-state index contributed by atoms with van der Waals surface area (Å²) in [4.78, 5) is 4.23. The number of ether oxygens (including phenoxy) is 2. The number of guanidine groups is 1. The molecule has 0 aliphatic rings. The number of aliphatic imine (C=N–C) groups is 1. The third-order valence-corrected chi connectivity index (χ3v) is 4.15. The van der Waals surface area contributed by atoms with Gasteiger partial charge in [0.15, 0.2) is 5.96 Å². The minimum absolute atomic E-state index is 0. The molecule has 0 atom stereocenters. The molecule has 154 valence electrons. The van der Waals surface area contributed by atoms with E-state index in [2.05, 4.69) is 15.6 Å². The van der Waals surface area contributed by atoms with E-state index in [0.29, 0.717) is 19.8 Å². The van der Waals surface area contributed by atoms with Gasteiger partial charge in [-0.3, -0.25) is 4.99 Å². The number of hydrogen-bond acceptors (Lipinski definition) is 3. The van der Waals surface area contributed by atoms with Crippen LogP contribution < -0.4 is 15.4 Å². The molecule has 0 aliphatic carbocycles. The summed E-state index contributed by atoms with van der Waals surface area (Å²) in [5.74, 6) is 1.36. The summed E-state index contributed by atoms with van der Waals surface area (Å²) < 4.78 is 23.7. The Hall–Kier alpha value is -1.87. The first kappa shape index (κ1) is 24.2. The maximum atomic E-state index is 13.2. The molecule has 0 amide bonds. The van der Waals surface area contributed by atoms with Gasteiger partial charge in [0.1, 0.15) is 18.2 Å². The Kier molecular flexibility index (Phi) is 11.5. The van der Waals surface area contributed by atoms with Crippen molar-refractivity contribution in [1.82, 2.24) is 10.6 Å². The van der Waals surface area contributed by atoms with Gasteiger partial charge in [0, 0.05) is 27.2 Å². The summed E-state index contributed by atoms with van der Waals surface area (Å²) in [6.45, 7) is 4.42. The van der Waals surface area contributed by atoms with Crippen LogP contribution in [0.1, 0.15) is 16.7 Å². The second-order valence-corrected chi connectivity index (χ2v) is 6.16. The Balaban J connectivity index is 0.00000392. The Labute approximate surface area is 183 Å². The summed E-state index contributed by atoms with van der Waals surface area (Å²) in [7, 11) is 3.39. The fourth-order valence-electron chi connectivity index (χ4n) is 2.61. The van der Waals surface area contributed by atoms with Crippen molar-refractivity contribution in [2.24, 2.45) is 4.99 Å². The lowest BCUT2D eigenvalue weighted by Crippen LogP contribution is -2.37. The first-order valence-electron chi connectivity index (χ1n) is 9.02. The van der Waals surface area contributed by atoms with Crippen LogP contribution in [-0.4, -0.2) is 39.9 Å². The number of hydrogen-bond donors (Lipinski definition) is 2. The standard InChI is InChI=1S/C21H28FN3O2.HI/c1-16-14-19(22)7-6-18(16)10-11-24-21(23-2)25-15-17-4-8-20(9-5-17)27-13-12-26-3;/h4-9,14H,10-13,15H2,1-3H3,(H2,23,24,25);1H. The quantitative estimate of drug-likeness (QED) is 0.238. The highest BCUT2D eigenvalue weighted by Crippen LogP contribution is 2.12. The smallest absolute Gasteiger partial charge is 0.191 e. The number of aryl methyl sites for hydroxylation is 1. The predicted octanol–water partition coefficient (Wildman–Crippen LogP) is 3.69. The molecule has 0 aliphatic heterocycles. The van der Waals surface area contributed by atoms with Crippen LogP contribution in [0.15, 0.2) is 47.5 Å². The fourth-order valence-corrected chi connectivity index (χ4v) is 2.61. The normalized spacial score (nSPS) is 10.9. The van der Waals surface area contributed by atoms with Crippen LogP contribution in [0.2, 0.25) is 0 Å². The molecule has 0 spiro atoms. The zero-order valence-electron chi connectivity index (χ0n) is 16.6. The maximum absolute atomic E-state index is 13.2. The van der Waals surface area contributed by atoms with Crippen molar-refractivity contribution in [3.05, 3.63) is 65.0 Å². The minimum Gasteiger partial charge on any atom is -0.491 e. The molecule has 0 heterocycles. The lowest BCUT2D eigenvalue weighted by atomic mass is 10.1. The molecule has 0 radical (unpaired) electrons. The molecule has 2 N–H and O–H groups in total. The number of benzene rings is 2. The van der Waals surface area contributed by atoms with Crippen LogP contribution in [0.25, 0.3) is 0 Å². The van der Waals surface area contributed by atoms with Crippen LogP contribution in [0, 0.1) is 12.7 Å². The molecule has 0 saturated heterocycles. The average Bonchev–Trinajstić information content (AvgIpc) is 2.67. The predicted molar refractivity (Wildman–Crippen MR) is 122 cm³/mol. The van der Waals surface area contributed by atoms with E-state index < -0.39 is 0 Å². The summed E-state index contributed by atoms with van der Waals surface area (Å²) in [5.41, 5.74) is 3.22. The third-order valence-electron chi connectivity index (χ3n) is 4.15. The molecule has 2 rings (SSSR count). The largest absolute Gasteiger partial charge is 0.491 e. The van der Waals surface area contributed by atoms with Crippen molar-refractivity contribution >= 4 is 29.9 Å². The van der Waals surface area contributed by atoms with Gasteiger partial charge in [-0.15, -0.1) is 24.0 Å². The Morgan fingerprint density at radius 1 is 1.07 bits per heavy atom. The molecule has 5 nitrogen and oxygen atoms in total. The molecular weight excluding hydrogens is 472 g/mol. The zero-order valence-corrected chi connectivity index (χ0v) is 19.0. The van der Waals surface area contributed by atoms with Gasteiger partial charge in [-0.05, 0) is 54.3 Å². The van der Waals surface area contributed by atoms with E-state index in [9.17, 15) is 4.39 Å². The molecule has 2 aromatic carbocycles. The molecule has 0 aromatic heterocycles. The van der Waals surface area contributed by atoms with Crippen molar-refractivity contribution in [3.63, 3.8) is 0 Å². The molecule has 7 heteroatoms. The lowest BCUT2D eigenvalue weighted by Gasteiger charge is -2.13. The van der Waals surface area contributed by atoms with Crippen molar-refractivity contribution < 1.29 is 13.9 Å². The highest BCUT2D eigenvalue weighted by Gasteiger charge is 2.02. The average molecular weight is 501 g/mol. The number of nitrogens with one attached hydrogen (secondary N) is 2. The highest BCUT2D eigenvalue weighted by atomic mass is 127. The molecule has 0 bridgehead atoms. The molecule has 0 saturated carbocycles. The SMILES string of the molecule is CN=C(NCCc1ccc(F)cc1C)NCc1ccc(OCCOC)cc1.I. The van der Waals surface area contributed by atoms with Crippen LogP contribution in [0.5, 0.6) is 5.75 Å². The van der Waals surface area contributed by atoms with E-state index >= 15 is 0 Å². The van der Waals surface area contributed by atoms with Gasteiger partial charge in [-0.25, -0.2) is 4.39 Å². The van der Waals surface area contributed by atoms with Crippen LogP contribution in [0.3, 0.4) is 0 Å². The van der Waals surface area contributed by atoms with Crippen molar-refractivity contribution in [2.45, 2.75) is 19.9 Å². The first-order valence-corrected chi connectivity index (χ1v) is 9.02. The highest BCUT2D eigenvalue weighted by molar-refractivity contribution is 14.0. The van der Waals surface area contributed by atoms with E-state index in [1.165, 1.54) is 6.07 Å². The van der Waals surface area contributed by atoms with E-state index in [0.717, 1.165) is 41.4 Å². The van der Waals surface area contributed by atoms with Crippen LogP contribution in [0.4, 0.5) is 4.39 Å². The lowest BCUT2D eigenvalue weighted by molar-refractivity contribution is 0.146. The molecule has 28 heavy (non-hydrogen) atoms. The van der Waals surface area contributed by atoms with Gasteiger partial charge in [0.05, 0.1) is 6.61 Å². The summed E-state index contributed by atoms with van der Waals surface area (Å²) in [6, 6.07) is 12.8. The van der Waals surface area contributed by atoms with Crippen molar-refractivity contribution in [3.8, 4) is 5.75 Å². The van der Waals surface area contributed by atoms with E-state index in [1.807, 2.05) is 37.3 Å². The molecule has 2 aromatic rings. The maximum Gasteiger partial charge on any atom is 0.191 e. The minimum atomic E-state index is -0.197. The van der Waals surface area contributed by atoms with Gasteiger partial charge in [0.2, 0.25) is 0 Å². The van der Waals surface area contributed by atoms with Crippen LogP contribution >= 0.6 is 24.0 Å². The first-order chi connectivity index (χ1) is 13.1. The van der Waals surface area contributed by atoms with Gasteiger partial charge >= 0.3 is 0 Å². The Bertz CT molecular complexity index is 739. The van der Waals surface area contributed by atoms with Crippen LogP contribution in [-0.2, 0) is 17.7 Å². The summed E-state index contributed by atoms with van der Waals surface area (Å²) in [5, 5.41) is 6.57. The van der Waals surface area contributed by atoms with E-state index in [4.69, 9.17) is 9.47 Å². The fraction of sp³-hybridized carbons (Fsp3) is 0.381. The number of nitrogens with zero attached hydrogens (tertiary/aromatic N) is 1. The second-order valence-electron chi connectivity index (χ2n) is 6.16. The molecular formula is C21H29FIN3O2. The second kappa shape index (κ2) is 13.3. The zero-order chi connectivity index (χ0) is 19.5. The van der Waals surface area contributed by atoms with Crippen molar-refractivity contribution in [1.29, 1.82) is 0 Å². The van der Waals surface area contributed by atoms with Gasteiger partial charge in [-0.1, -0.05) is 18.2 Å². The monoisotopic (exact) mass is 501 g/mol. The van der Waals surface area contributed by atoms with Gasteiger partial charge < -0.3 is 20.1 Å². The number of rotatable bonds is 9. The molecule has 0 fully saturated rings. The summed E-state index contributed by atoms with van der Waals surface area (Å²) in [6.07, 6.45) is 0.806. The van der Waals surface area contributed by atoms with E-state index in [-0.39, 0.29) is 29.8 Å². The number of methoxy groups -OCH3 is 1. The van der Waals surface area contributed by atoms with E-state index in [1.54, 1.807) is 20.2 Å².